The lowest BCUT2D eigenvalue weighted by Crippen LogP contribution is -2.38. The van der Waals surface area contributed by atoms with Gasteiger partial charge in [0.1, 0.15) is 24.4 Å². The normalized spacial score (nSPS) is 12.7. The van der Waals surface area contributed by atoms with Crippen LogP contribution < -0.4 is 14.4 Å². The monoisotopic (exact) mass is 499 g/mol. The van der Waals surface area contributed by atoms with Crippen LogP contribution in [0.5, 0.6) is 11.5 Å². The van der Waals surface area contributed by atoms with Crippen LogP contribution in [0, 0.1) is 11.6 Å². The number of benzene rings is 2. The number of hydrogen-bond acceptors (Lipinski definition) is 7. The Labute approximate surface area is 205 Å². The Morgan fingerprint density at radius 1 is 1.14 bits per heavy atom. The predicted octanol–water partition coefficient (Wildman–Crippen LogP) is 3.62. The maximum absolute atomic E-state index is 13.8. The second kappa shape index (κ2) is 10.5. The number of carbonyl (C=O) groups excluding carboxylic acids is 3. The number of Topliss-reactive ketones (excluding diaryl/α,β-unsaturated/α-hetero) is 1. The molecule has 0 fully saturated rings. The van der Waals surface area contributed by atoms with E-state index in [9.17, 15) is 23.2 Å². The van der Waals surface area contributed by atoms with Crippen LogP contribution in [0.4, 0.5) is 14.5 Å². The van der Waals surface area contributed by atoms with Crippen LogP contribution in [0.1, 0.15) is 40.6 Å². The zero-order valence-electron chi connectivity index (χ0n) is 19.6. The third kappa shape index (κ3) is 5.19. The number of ether oxygens (including phenoxy) is 2. The molecule has 0 aliphatic carbocycles. The molecule has 9 nitrogen and oxygen atoms in total. The Morgan fingerprint density at radius 2 is 1.92 bits per heavy atom. The Kier molecular flexibility index (Phi) is 7.28. The molecular formula is C25H23F2N3O6. The van der Waals surface area contributed by atoms with Crippen LogP contribution in [-0.4, -0.2) is 53.8 Å². The fourth-order valence-electron chi connectivity index (χ4n) is 3.66. The molecule has 3 aromatic rings. The Balaban J connectivity index is 1.51. The number of amides is 2. The van der Waals surface area contributed by atoms with Gasteiger partial charge in [-0.15, -0.1) is 0 Å². The van der Waals surface area contributed by atoms with Crippen molar-refractivity contribution in [2.45, 2.75) is 20.4 Å². The smallest absolute Gasteiger partial charge is 0.275 e. The molecule has 0 N–H and O–H groups in total. The van der Waals surface area contributed by atoms with Crippen molar-refractivity contribution < 1.29 is 37.1 Å². The summed E-state index contributed by atoms with van der Waals surface area (Å²) < 4.78 is 43.0. The highest BCUT2D eigenvalue weighted by Gasteiger charge is 2.29. The van der Waals surface area contributed by atoms with Gasteiger partial charge >= 0.3 is 0 Å². The van der Waals surface area contributed by atoms with E-state index in [1.807, 2.05) is 13.8 Å². The van der Waals surface area contributed by atoms with Crippen molar-refractivity contribution in [2.24, 2.45) is 0 Å². The first kappa shape index (κ1) is 24.8. The number of hydrogen-bond donors (Lipinski definition) is 0. The van der Waals surface area contributed by atoms with E-state index < -0.39 is 29.9 Å². The number of rotatable bonds is 9. The zero-order chi connectivity index (χ0) is 25.8. The fraction of sp³-hybridized carbons (Fsp3) is 0.280. The topological polar surface area (TPSA) is 102 Å². The Morgan fingerprint density at radius 3 is 2.64 bits per heavy atom. The van der Waals surface area contributed by atoms with Crippen molar-refractivity contribution in [1.82, 2.24) is 9.88 Å². The molecule has 1 aliphatic heterocycles. The minimum Gasteiger partial charge on any atom is -0.482 e. The van der Waals surface area contributed by atoms with Gasteiger partial charge in [0, 0.05) is 24.7 Å². The van der Waals surface area contributed by atoms with Crippen LogP contribution in [-0.2, 0) is 11.3 Å². The third-order valence-electron chi connectivity index (χ3n) is 5.59. The first-order valence-electron chi connectivity index (χ1n) is 11.2. The van der Waals surface area contributed by atoms with Crippen molar-refractivity contribution in [2.75, 3.05) is 31.2 Å². The van der Waals surface area contributed by atoms with Crippen LogP contribution >= 0.6 is 0 Å². The largest absolute Gasteiger partial charge is 0.482 e. The van der Waals surface area contributed by atoms with Crippen molar-refractivity contribution in [3.05, 3.63) is 71.4 Å². The maximum Gasteiger partial charge on any atom is 0.275 e. The second-order valence-electron chi connectivity index (χ2n) is 7.84. The highest BCUT2D eigenvalue weighted by molar-refractivity contribution is 6.02. The highest BCUT2D eigenvalue weighted by atomic mass is 19.1. The summed E-state index contributed by atoms with van der Waals surface area (Å²) in [7, 11) is 0. The molecule has 11 heteroatoms. The van der Waals surface area contributed by atoms with Crippen LogP contribution in [0.2, 0.25) is 0 Å². The molecule has 0 spiro atoms. The number of anilines is 1. The van der Waals surface area contributed by atoms with E-state index in [1.54, 1.807) is 4.90 Å². The van der Waals surface area contributed by atoms with Gasteiger partial charge in [0.25, 0.3) is 11.8 Å². The molecule has 188 valence electrons. The first-order valence-corrected chi connectivity index (χ1v) is 11.2. The van der Waals surface area contributed by atoms with E-state index >= 15 is 0 Å². The van der Waals surface area contributed by atoms with Gasteiger partial charge in [-0.3, -0.25) is 19.3 Å². The van der Waals surface area contributed by atoms with Crippen molar-refractivity contribution in [1.29, 1.82) is 0 Å². The molecule has 4 rings (SSSR count). The Bertz CT molecular complexity index is 1300. The van der Waals surface area contributed by atoms with Gasteiger partial charge in [0.15, 0.2) is 36.3 Å². The van der Waals surface area contributed by atoms with Gasteiger partial charge in [-0.1, -0.05) is 0 Å². The molecule has 0 unspecified atom stereocenters. The molecule has 0 bridgehead atoms. The van der Waals surface area contributed by atoms with Crippen molar-refractivity contribution in [3.8, 4) is 11.5 Å². The molecule has 1 aromatic heterocycles. The fourth-order valence-corrected chi connectivity index (χ4v) is 3.66. The molecule has 0 atom stereocenters. The van der Waals surface area contributed by atoms with Crippen LogP contribution in [0.15, 0.2) is 47.1 Å². The predicted molar refractivity (Wildman–Crippen MR) is 123 cm³/mol. The number of carbonyl (C=O) groups is 3. The van der Waals surface area contributed by atoms with E-state index in [1.165, 1.54) is 29.4 Å². The van der Waals surface area contributed by atoms with E-state index in [0.29, 0.717) is 30.6 Å². The number of halogens is 2. The van der Waals surface area contributed by atoms with E-state index in [-0.39, 0.29) is 42.0 Å². The number of oxazole rings is 1. The standard InChI is InChI=1S/C25H23F2N3O6/c1-3-29(4-2)25(33)18-12-36-23(28-18)11-30-19-9-15(5-7-22(19)35-14-24(30)32)20(31)13-34-21-8-6-16(26)10-17(21)27/h5-10,12H,3-4,11,13-14H2,1-2H3. The summed E-state index contributed by atoms with van der Waals surface area (Å²) in [5.74, 6) is -2.63. The van der Waals surface area contributed by atoms with Gasteiger partial charge in [-0.2, -0.15) is 0 Å². The SMILES string of the molecule is CCN(CC)C(=O)c1coc(CN2C(=O)COc3ccc(C(=O)COc4ccc(F)cc4F)cc32)n1. The average molecular weight is 499 g/mol. The van der Waals surface area contributed by atoms with E-state index in [2.05, 4.69) is 4.98 Å². The number of nitrogens with zero attached hydrogens (tertiary/aromatic N) is 3. The summed E-state index contributed by atoms with van der Waals surface area (Å²) >= 11 is 0. The summed E-state index contributed by atoms with van der Waals surface area (Å²) in [6, 6.07) is 7.24. The van der Waals surface area contributed by atoms with Gasteiger partial charge < -0.3 is 18.8 Å². The molecular weight excluding hydrogens is 476 g/mol. The lowest BCUT2D eigenvalue weighted by Gasteiger charge is -2.28. The molecule has 0 radical (unpaired) electrons. The van der Waals surface area contributed by atoms with Crippen molar-refractivity contribution >= 4 is 23.3 Å². The number of fused-ring (bicyclic) bond motifs is 1. The number of ketones is 1. The molecule has 2 amide bonds. The maximum atomic E-state index is 13.8. The summed E-state index contributed by atoms with van der Waals surface area (Å²) in [6.45, 7) is 3.92. The summed E-state index contributed by atoms with van der Waals surface area (Å²) in [4.78, 5) is 45.0. The second-order valence-corrected chi connectivity index (χ2v) is 7.84. The van der Waals surface area contributed by atoms with Gasteiger partial charge in [-0.05, 0) is 44.2 Å². The average Bonchev–Trinajstić information content (AvgIpc) is 3.34. The van der Waals surface area contributed by atoms with Crippen molar-refractivity contribution in [3.63, 3.8) is 0 Å². The number of aromatic nitrogens is 1. The lowest BCUT2D eigenvalue weighted by molar-refractivity contribution is -0.121. The minimum atomic E-state index is -0.928. The minimum absolute atomic E-state index is 0.0876. The quantitative estimate of drug-likeness (QED) is 0.415. The van der Waals surface area contributed by atoms with E-state index in [0.717, 1.165) is 12.1 Å². The lowest BCUT2D eigenvalue weighted by atomic mass is 10.1. The summed E-state index contributed by atoms with van der Waals surface area (Å²) in [5.41, 5.74) is 0.619. The first-order chi connectivity index (χ1) is 17.3. The Hall–Kier alpha value is -4.28. The van der Waals surface area contributed by atoms with Gasteiger partial charge in [0.05, 0.1) is 5.69 Å². The highest BCUT2D eigenvalue weighted by Crippen LogP contribution is 2.34. The van der Waals surface area contributed by atoms with E-state index in [4.69, 9.17) is 13.9 Å². The summed E-state index contributed by atoms with van der Waals surface area (Å²) in [5, 5.41) is 0. The molecule has 0 saturated heterocycles. The zero-order valence-corrected chi connectivity index (χ0v) is 19.6. The van der Waals surface area contributed by atoms with Crippen LogP contribution in [0.3, 0.4) is 0 Å². The molecule has 2 aromatic carbocycles. The third-order valence-corrected chi connectivity index (χ3v) is 5.59. The van der Waals surface area contributed by atoms with Gasteiger partial charge in [-0.25, -0.2) is 13.8 Å². The van der Waals surface area contributed by atoms with Gasteiger partial charge in [0.2, 0.25) is 5.89 Å². The molecule has 0 saturated carbocycles. The molecule has 1 aliphatic rings. The molecule has 2 heterocycles. The summed E-state index contributed by atoms with van der Waals surface area (Å²) in [6.07, 6.45) is 1.24. The van der Waals surface area contributed by atoms with Crippen LogP contribution in [0.25, 0.3) is 0 Å². The molecule has 36 heavy (non-hydrogen) atoms.